The number of nitrogens with one attached hydrogen (secondary N) is 1. The van der Waals surface area contributed by atoms with Gasteiger partial charge >= 0.3 is 0 Å². The minimum absolute atomic E-state index is 0.0467. The van der Waals surface area contributed by atoms with E-state index in [1.807, 2.05) is 0 Å². The van der Waals surface area contributed by atoms with Crippen LogP contribution >= 0.6 is 0 Å². The van der Waals surface area contributed by atoms with E-state index in [9.17, 15) is 9.18 Å². The minimum atomic E-state index is -0.348. The molecule has 3 N–H and O–H groups in total. The predicted molar refractivity (Wildman–Crippen MR) is 70.5 cm³/mol. The summed E-state index contributed by atoms with van der Waals surface area (Å²) in [4.78, 5) is 11.6. The standard InChI is InChI=1S/C14H21FN2O/c1-10(2)7-12(16)9-17-14(18)8-11-5-3-4-6-13(11)15/h3-6,10,12H,7-9,16H2,1-2H3,(H,17,18). The van der Waals surface area contributed by atoms with E-state index < -0.39 is 0 Å². The van der Waals surface area contributed by atoms with E-state index in [1.54, 1.807) is 18.2 Å². The number of nitrogens with two attached hydrogens (primary N) is 1. The first-order valence-electron chi connectivity index (χ1n) is 6.24. The zero-order chi connectivity index (χ0) is 13.5. The molecule has 0 fully saturated rings. The average Bonchev–Trinajstić information content (AvgIpc) is 2.29. The molecule has 0 spiro atoms. The molecule has 0 heterocycles. The van der Waals surface area contributed by atoms with Crippen LogP contribution in [0.4, 0.5) is 4.39 Å². The summed E-state index contributed by atoms with van der Waals surface area (Å²) in [5, 5.41) is 2.73. The first kappa shape index (κ1) is 14.6. The third-order valence-corrected chi connectivity index (χ3v) is 2.64. The number of hydrogen-bond acceptors (Lipinski definition) is 2. The zero-order valence-corrected chi connectivity index (χ0v) is 10.9. The van der Waals surface area contributed by atoms with Gasteiger partial charge in [0.2, 0.25) is 5.91 Å². The summed E-state index contributed by atoms with van der Waals surface area (Å²) in [6.07, 6.45) is 0.918. The summed E-state index contributed by atoms with van der Waals surface area (Å²) in [6.45, 7) is 4.60. The van der Waals surface area contributed by atoms with Crippen LogP contribution in [0.15, 0.2) is 24.3 Å². The lowest BCUT2D eigenvalue weighted by Crippen LogP contribution is -2.38. The number of carbonyl (C=O) groups excluding carboxylic acids is 1. The van der Waals surface area contributed by atoms with E-state index in [1.165, 1.54) is 6.07 Å². The number of hydrogen-bond donors (Lipinski definition) is 2. The maximum atomic E-state index is 13.3. The van der Waals surface area contributed by atoms with Gasteiger partial charge in [-0.25, -0.2) is 4.39 Å². The summed E-state index contributed by atoms with van der Waals surface area (Å²) in [7, 11) is 0. The average molecular weight is 252 g/mol. The van der Waals surface area contributed by atoms with Crippen molar-refractivity contribution in [1.82, 2.24) is 5.32 Å². The fourth-order valence-corrected chi connectivity index (χ4v) is 1.81. The minimum Gasteiger partial charge on any atom is -0.354 e. The number of rotatable bonds is 6. The normalized spacial score (nSPS) is 12.5. The van der Waals surface area contributed by atoms with Gasteiger partial charge in [-0.2, -0.15) is 0 Å². The van der Waals surface area contributed by atoms with Crippen molar-refractivity contribution >= 4 is 5.91 Å². The first-order chi connectivity index (χ1) is 8.49. The molecule has 0 saturated carbocycles. The molecule has 1 atom stereocenters. The van der Waals surface area contributed by atoms with Crippen molar-refractivity contribution in [3.63, 3.8) is 0 Å². The SMILES string of the molecule is CC(C)CC(N)CNC(=O)Cc1ccccc1F. The van der Waals surface area contributed by atoms with Crippen LogP contribution in [-0.4, -0.2) is 18.5 Å². The van der Waals surface area contributed by atoms with E-state index in [0.717, 1.165) is 6.42 Å². The summed E-state index contributed by atoms with van der Waals surface area (Å²) >= 11 is 0. The molecule has 18 heavy (non-hydrogen) atoms. The van der Waals surface area contributed by atoms with Crippen LogP contribution in [0.5, 0.6) is 0 Å². The van der Waals surface area contributed by atoms with Gasteiger partial charge in [-0.3, -0.25) is 4.79 Å². The van der Waals surface area contributed by atoms with Gasteiger partial charge in [0.05, 0.1) is 6.42 Å². The molecule has 0 aliphatic rings. The second-order valence-electron chi connectivity index (χ2n) is 4.96. The summed E-state index contributed by atoms with van der Waals surface area (Å²) in [5.41, 5.74) is 6.27. The van der Waals surface area contributed by atoms with Gasteiger partial charge in [0, 0.05) is 12.6 Å². The monoisotopic (exact) mass is 252 g/mol. The van der Waals surface area contributed by atoms with Crippen molar-refractivity contribution in [2.75, 3.05) is 6.54 Å². The highest BCUT2D eigenvalue weighted by Gasteiger charge is 2.10. The Labute approximate surface area is 108 Å². The zero-order valence-electron chi connectivity index (χ0n) is 10.9. The Morgan fingerprint density at radius 1 is 1.39 bits per heavy atom. The molecule has 0 aromatic heterocycles. The van der Waals surface area contributed by atoms with Gasteiger partial charge in [0.15, 0.2) is 0 Å². The molecular weight excluding hydrogens is 231 g/mol. The van der Waals surface area contributed by atoms with Gasteiger partial charge in [-0.15, -0.1) is 0 Å². The molecule has 3 nitrogen and oxygen atoms in total. The first-order valence-corrected chi connectivity index (χ1v) is 6.24. The van der Waals surface area contributed by atoms with Crippen LogP contribution < -0.4 is 11.1 Å². The summed E-state index contributed by atoms with van der Waals surface area (Å²) in [6, 6.07) is 6.25. The van der Waals surface area contributed by atoms with Crippen LogP contribution in [-0.2, 0) is 11.2 Å². The summed E-state index contributed by atoms with van der Waals surface area (Å²) in [5.74, 6) is -0.0399. The Hall–Kier alpha value is -1.42. The fraction of sp³-hybridized carbons (Fsp3) is 0.500. The van der Waals surface area contributed by atoms with Crippen LogP contribution in [0, 0.1) is 11.7 Å². The molecule has 0 aliphatic carbocycles. The van der Waals surface area contributed by atoms with Crippen molar-refractivity contribution < 1.29 is 9.18 Å². The fourth-order valence-electron chi connectivity index (χ4n) is 1.81. The van der Waals surface area contributed by atoms with Gasteiger partial charge < -0.3 is 11.1 Å². The second kappa shape index (κ2) is 7.11. The van der Waals surface area contributed by atoms with E-state index in [4.69, 9.17) is 5.73 Å². The Balaban J connectivity index is 2.36. The van der Waals surface area contributed by atoms with Gasteiger partial charge in [0.1, 0.15) is 5.82 Å². The maximum Gasteiger partial charge on any atom is 0.224 e. The van der Waals surface area contributed by atoms with Crippen LogP contribution in [0.2, 0.25) is 0 Å². The smallest absolute Gasteiger partial charge is 0.224 e. The molecule has 0 saturated heterocycles. The molecule has 1 aromatic rings. The lowest BCUT2D eigenvalue weighted by molar-refractivity contribution is -0.120. The van der Waals surface area contributed by atoms with E-state index in [2.05, 4.69) is 19.2 Å². The number of benzene rings is 1. The van der Waals surface area contributed by atoms with E-state index >= 15 is 0 Å². The summed E-state index contributed by atoms with van der Waals surface area (Å²) < 4.78 is 13.3. The van der Waals surface area contributed by atoms with Crippen molar-refractivity contribution in [2.24, 2.45) is 11.7 Å². The highest BCUT2D eigenvalue weighted by molar-refractivity contribution is 5.78. The largest absolute Gasteiger partial charge is 0.354 e. The van der Waals surface area contributed by atoms with Crippen LogP contribution in [0.3, 0.4) is 0 Å². The molecular formula is C14H21FN2O. The highest BCUT2D eigenvalue weighted by atomic mass is 19.1. The van der Waals surface area contributed by atoms with Crippen molar-refractivity contribution in [3.05, 3.63) is 35.6 Å². The number of carbonyl (C=O) groups is 1. The van der Waals surface area contributed by atoms with Gasteiger partial charge in [-0.1, -0.05) is 32.0 Å². The Kier molecular flexibility index (Phi) is 5.78. The van der Waals surface area contributed by atoms with Crippen molar-refractivity contribution in [3.8, 4) is 0 Å². The van der Waals surface area contributed by atoms with Crippen molar-refractivity contribution in [1.29, 1.82) is 0 Å². The molecule has 1 aromatic carbocycles. The molecule has 100 valence electrons. The maximum absolute atomic E-state index is 13.3. The molecule has 1 rings (SSSR count). The lowest BCUT2D eigenvalue weighted by Gasteiger charge is -2.14. The molecule has 1 amide bonds. The number of halogens is 1. The predicted octanol–water partition coefficient (Wildman–Crippen LogP) is 1.86. The Morgan fingerprint density at radius 2 is 2.06 bits per heavy atom. The van der Waals surface area contributed by atoms with E-state index in [-0.39, 0.29) is 24.2 Å². The van der Waals surface area contributed by atoms with Crippen LogP contribution in [0.1, 0.15) is 25.8 Å². The molecule has 1 unspecified atom stereocenters. The quantitative estimate of drug-likeness (QED) is 0.812. The number of amides is 1. The molecule has 0 radical (unpaired) electrons. The molecule has 0 bridgehead atoms. The third-order valence-electron chi connectivity index (χ3n) is 2.64. The third kappa shape index (κ3) is 5.27. The van der Waals surface area contributed by atoms with Crippen LogP contribution in [0.25, 0.3) is 0 Å². The second-order valence-corrected chi connectivity index (χ2v) is 4.96. The Bertz CT molecular complexity index is 393. The lowest BCUT2D eigenvalue weighted by atomic mass is 10.0. The molecule has 0 aliphatic heterocycles. The van der Waals surface area contributed by atoms with Crippen molar-refractivity contribution in [2.45, 2.75) is 32.7 Å². The van der Waals surface area contributed by atoms with E-state index in [0.29, 0.717) is 18.0 Å². The topological polar surface area (TPSA) is 55.1 Å². The highest BCUT2D eigenvalue weighted by Crippen LogP contribution is 2.07. The van der Waals surface area contributed by atoms with Gasteiger partial charge in [-0.05, 0) is 24.0 Å². The van der Waals surface area contributed by atoms with Gasteiger partial charge in [0.25, 0.3) is 0 Å². The Morgan fingerprint density at radius 3 is 2.67 bits per heavy atom. The molecule has 4 heteroatoms.